The molecule has 4 rings (SSSR count). The van der Waals surface area contributed by atoms with Crippen molar-refractivity contribution in [2.75, 3.05) is 0 Å². The summed E-state index contributed by atoms with van der Waals surface area (Å²) in [4.78, 5) is 4.66. The molecule has 0 atom stereocenters. The van der Waals surface area contributed by atoms with E-state index < -0.39 is 0 Å². The van der Waals surface area contributed by atoms with E-state index in [-0.39, 0.29) is 5.82 Å². The van der Waals surface area contributed by atoms with Gasteiger partial charge in [-0.25, -0.2) is 4.39 Å². The van der Waals surface area contributed by atoms with Crippen LogP contribution in [0.25, 0.3) is 10.8 Å². The van der Waals surface area contributed by atoms with Gasteiger partial charge in [0.05, 0.1) is 11.6 Å². The molecule has 0 unspecified atom stereocenters. The van der Waals surface area contributed by atoms with E-state index in [9.17, 15) is 0 Å². The number of aryl methyl sites for hydroxylation is 5. The Kier molecular flexibility index (Phi) is 8.63. The van der Waals surface area contributed by atoms with E-state index in [1.807, 2.05) is 54.7 Å². The van der Waals surface area contributed by atoms with Gasteiger partial charge in [-0.3, -0.25) is 4.98 Å². The van der Waals surface area contributed by atoms with Crippen molar-refractivity contribution in [1.82, 2.24) is 4.98 Å². The van der Waals surface area contributed by atoms with Crippen LogP contribution in [-0.4, -0.2) is 4.98 Å². The number of rotatable bonds is 11. The van der Waals surface area contributed by atoms with E-state index in [0.29, 0.717) is 17.4 Å². The summed E-state index contributed by atoms with van der Waals surface area (Å²) >= 11 is 0. The van der Waals surface area contributed by atoms with Gasteiger partial charge in [-0.05, 0) is 84.4 Å². The number of unbranched alkanes of at least 4 members (excludes halogenated alkanes) is 3. The van der Waals surface area contributed by atoms with E-state index in [2.05, 4.69) is 36.2 Å². The van der Waals surface area contributed by atoms with E-state index in [1.54, 1.807) is 0 Å². The molecule has 2 nitrogen and oxygen atoms in total. The monoisotopic (exact) mass is 464 g/mol. The minimum absolute atomic E-state index is 0.126. The summed E-state index contributed by atoms with van der Waals surface area (Å²) in [7, 11) is 0. The van der Waals surface area contributed by atoms with Crippen LogP contribution in [0.5, 0.6) is 0 Å². The maximum absolute atomic E-state index is 15.2. The lowest BCUT2D eigenvalue weighted by Gasteiger charge is -2.09. The second-order valence-electron chi connectivity index (χ2n) is 9.37. The van der Waals surface area contributed by atoms with Crippen LogP contribution in [0, 0.1) is 17.1 Å². The summed E-state index contributed by atoms with van der Waals surface area (Å²) in [5.74, 6) is -0.126. The Morgan fingerprint density at radius 2 is 1.51 bits per heavy atom. The molecule has 178 valence electrons. The second-order valence-corrected chi connectivity index (χ2v) is 9.37. The molecule has 1 heterocycles. The molecule has 1 aromatic heterocycles. The second kappa shape index (κ2) is 12.3. The molecule has 35 heavy (non-hydrogen) atoms. The van der Waals surface area contributed by atoms with E-state index in [0.717, 1.165) is 47.9 Å². The van der Waals surface area contributed by atoms with Crippen molar-refractivity contribution in [2.24, 2.45) is 0 Å². The SMILES string of the molecule is CCCCCCc1ccc(CCc2ccc3c(F)c(CCc4ccc(C#N)cc4)ccc3c2)nc1. The van der Waals surface area contributed by atoms with Gasteiger partial charge in [-0.15, -0.1) is 0 Å². The summed E-state index contributed by atoms with van der Waals surface area (Å²) in [6.45, 7) is 2.24. The van der Waals surface area contributed by atoms with Crippen LogP contribution in [0.3, 0.4) is 0 Å². The highest BCUT2D eigenvalue weighted by Crippen LogP contribution is 2.24. The van der Waals surface area contributed by atoms with Crippen LogP contribution < -0.4 is 0 Å². The predicted octanol–water partition coefficient (Wildman–Crippen LogP) is 7.94. The molecular formula is C32H33FN2. The summed E-state index contributed by atoms with van der Waals surface area (Å²) in [5.41, 5.74) is 6.11. The van der Waals surface area contributed by atoms with Crippen molar-refractivity contribution in [3.05, 3.63) is 112 Å². The lowest BCUT2D eigenvalue weighted by atomic mass is 9.97. The fourth-order valence-corrected chi connectivity index (χ4v) is 4.54. The van der Waals surface area contributed by atoms with E-state index in [4.69, 9.17) is 5.26 Å². The topological polar surface area (TPSA) is 36.7 Å². The Bertz CT molecular complexity index is 1280. The largest absolute Gasteiger partial charge is 0.261 e. The molecule has 0 aliphatic heterocycles. The summed E-state index contributed by atoms with van der Waals surface area (Å²) < 4.78 is 15.2. The maximum Gasteiger partial charge on any atom is 0.134 e. The molecule has 3 aromatic carbocycles. The Balaban J connectivity index is 1.35. The fourth-order valence-electron chi connectivity index (χ4n) is 4.54. The Morgan fingerprint density at radius 1 is 0.743 bits per heavy atom. The highest BCUT2D eigenvalue weighted by atomic mass is 19.1. The van der Waals surface area contributed by atoms with Crippen LogP contribution in [0.4, 0.5) is 4.39 Å². The number of halogens is 1. The number of fused-ring (bicyclic) bond motifs is 1. The summed E-state index contributed by atoms with van der Waals surface area (Å²) in [5, 5.41) is 10.6. The number of aromatic nitrogens is 1. The molecule has 4 aromatic rings. The molecule has 0 aliphatic rings. The lowest BCUT2D eigenvalue weighted by molar-refractivity contribution is 0.620. The lowest BCUT2D eigenvalue weighted by Crippen LogP contribution is -1.98. The molecule has 0 saturated heterocycles. The third-order valence-corrected chi connectivity index (χ3v) is 6.74. The first-order valence-corrected chi connectivity index (χ1v) is 12.8. The molecule has 0 spiro atoms. The third-order valence-electron chi connectivity index (χ3n) is 6.74. The minimum atomic E-state index is -0.126. The van der Waals surface area contributed by atoms with Crippen molar-refractivity contribution < 1.29 is 4.39 Å². The van der Waals surface area contributed by atoms with Crippen molar-refractivity contribution in [1.29, 1.82) is 5.26 Å². The summed E-state index contributed by atoms with van der Waals surface area (Å²) in [6, 6.07) is 24.0. The highest BCUT2D eigenvalue weighted by molar-refractivity contribution is 5.84. The zero-order valence-corrected chi connectivity index (χ0v) is 20.6. The van der Waals surface area contributed by atoms with Crippen molar-refractivity contribution in [2.45, 2.75) is 64.7 Å². The average Bonchev–Trinajstić information content (AvgIpc) is 2.90. The number of hydrogen-bond acceptors (Lipinski definition) is 2. The maximum atomic E-state index is 15.2. The van der Waals surface area contributed by atoms with E-state index in [1.165, 1.54) is 36.8 Å². The number of pyridine rings is 1. The molecule has 0 amide bonds. The van der Waals surface area contributed by atoms with Crippen LogP contribution in [0.1, 0.15) is 66.1 Å². The van der Waals surface area contributed by atoms with Crippen molar-refractivity contribution >= 4 is 10.8 Å². The van der Waals surface area contributed by atoms with Crippen LogP contribution in [0.2, 0.25) is 0 Å². The number of nitriles is 1. The van der Waals surface area contributed by atoms with Gasteiger partial charge < -0.3 is 0 Å². The van der Waals surface area contributed by atoms with Gasteiger partial charge in [0.15, 0.2) is 0 Å². The standard InChI is InChI=1S/C32H33FN2/c1-2-3-4-5-6-27-13-19-30(35-23-27)18-12-25-14-20-31-29(21-25)17-16-28(32(31)33)15-11-24-7-9-26(22-34)10-8-24/h7-10,13-14,16-17,19-21,23H,2-6,11-12,15,18H2,1H3. The summed E-state index contributed by atoms with van der Waals surface area (Å²) in [6.07, 6.45) is 11.4. The molecule has 0 saturated carbocycles. The molecule has 0 bridgehead atoms. The fraction of sp³-hybridized carbons (Fsp3) is 0.312. The quantitative estimate of drug-likeness (QED) is 0.211. The van der Waals surface area contributed by atoms with Gasteiger partial charge in [0, 0.05) is 17.3 Å². The first-order valence-electron chi connectivity index (χ1n) is 12.8. The molecule has 0 aliphatic carbocycles. The molecule has 0 N–H and O–H groups in total. The zero-order valence-electron chi connectivity index (χ0n) is 20.6. The van der Waals surface area contributed by atoms with Crippen molar-refractivity contribution in [3.63, 3.8) is 0 Å². The first kappa shape index (κ1) is 24.6. The number of benzene rings is 3. The van der Waals surface area contributed by atoms with Gasteiger partial charge >= 0.3 is 0 Å². The smallest absolute Gasteiger partial charge is 0.134 e. The molecular weight excluding hydrogens is 431 g/mol. The highest BCUT2D eigenvalue weighted by Gasteiger charge is 2.09. The van der Waals surface area contributed by atoms with Gasteiger partial charge in [-0.1, -0.05) is 74.7 Å². The third kappa shape index (κ3) is 6.76. The Labute approximate surface area is 208 Å². The number of nitrogens with zero attached hydrogens (tertiary/aromatic N) is 2. The van der Waals surface area contributed by atoms with E-state index >= 15 is 4.39 Å². The number of hydrogen-bond donors (Lipinski definition) is 0. The van der Waals surface area contributed by atoms with Gasteiger partial charge in [-0.2, -0.15) is 5.26 Å². The molecule has 3 heteroatoms. The minimum Gasteiger partial charge on any atom is -0.261 e. The van der Waals surface area contributed by atoms with Gasteiger partial charge in [0.2, 0.25) is 0 Å². The van der Waals surface area contributed by atoms with Gasteiger partial charge in [0.25, 0.3) is 0 Å². The Morgan fingerprint density at radius 3 is 2.26 bits per heavy atom. The van der Waals surface area contributed by atoms with Gasteiger partial charge in [0.1, 0.15) is 5.82 Å². The predicted molar refractivity (Wildman–Crippen MR) is 142 cm³/mol. The molecule has 0 fully saturated rings. The normalized spacial score (nSPS) is 11.0. The molecule has 0 radical (unpaired) electrons. The van der Waals surface area contributed by atoms with Crippen LogP contribution >= 0.6 is 0 Å². The van der Waals surface area contributed by atoms with Crippen LogP contribution in [0.15, 0.2) is 72.9 Å². The van der Waals surface area contributed by atoms with Crippen molar-refractivity contribution in [3.8, 4) is 6.07 Å². The van der Waals surface area contributed by atoms with Crippen LogP contribution in [-0.2, 0) is 32.1 Å². The Hall–Kier alpha value is -3.51. The zero-order chi connectivity index (χ0) is 24.5. The first-order chi connectivity index (χ1) is 17.2. The average molecular weight is 465 g/mol.